The van der Waals surface area contributed by atoms with Gasteiger partial charge in [0.25, 0.3) is 10.0 Å². The van der Waals surface area contributed by atoms with Crippen LogP contribution in [0.15, 0.2) is 53.4 Å². The molecule has 0 unspecified atom stereocenters. The van der Waals surface area contributed by atoms with Crippen LogP contribution in [0.3, 0.4) is 0 Å². The maximum Gasteiger partial charge on any atom is 0.356 e. The minimum absolute atomic E-state index is 0.0521. The largest absolute Gasteiger partial charge is 0.461 e. The first-order valence-corrected chi connectivity index (χ1v) is 10.4. The van der Waals surface area contributed by atoms with E-state index in [4.69, 9.17) is 4.74 Å². The van der Waals surface area contributed by atoms with Crippen LogP contribution in [0.2, 0.25) is 0 Å². The van der Waals surface area contributed by atoms with Gasteiger partial charge in [-0.3, -0.25) is 0 Å². The minimum atomic E-state index is -3.97. The van der Waals surface area contributed by atoms with E-state index in [0.29, 0.717) is 11.1 Å². The van der Waals surface area contributed by atoms with Crippen LogP contribution in [-0.4, -0.2) is 25.0 Å². The second kappa shape index (κ2) is 7.19. The molecule has 1 heterocycles. The molecule has 142 valence electrons. The summed E-state index contributed by atoms with van der Waals surface area (Å²) in [5.74, 6) is -0.683. The quantitative estimate of drug-likeness (QED) is 0.607. The summed E-state index contributed by atoms with van der Waals surface area (Å²) in [6, 6.07) is 13.8. The van der Waals surface area contributed by atoms with Gasteiger partial charge in [0.15, 0.2) is 0 Å². The lowest BCUT2D eigenvalue weighted by atomic mass is 9.99. The molecule has 5 nitrogen and oxygen atoms in total. The van der Waals surface area contributed by atoms with E-state index in [0.717, 1.165) is 14.9 Å². The van der Waals surface area contributed by atoms with E-state index in [2.05, 4.69) is 0 Å². The molecule has 0 saturated carbocycles. The number of aromatic nitrogens is 1. The summed E-state index contributed by atoms with van der Waals surface area (Å²) in [5, 5.41) is 0.742. The number of fused-ring (bicyclic) bond motifs is 1. The molecule has 0 amide bonds. The Bertz CT molecular complexity index is 1090. The van der Waals surface area contributed by atoms with Gasteiger partial charge in [0.1, 0.15) is 5.69 Å². The fourth-order valence-electron chi connectivity index (χ4n) is 3.28. The number of hydrogen-bond acceptors (Lipinski definition) is 4. The van der Waals surface area contributed by atoms with E-state index >= 15 is 0 Å². The summed E-state index contributed by atoms with van der Waals surface area (Å²) in [4.78, 5) is 12.9. The van der Waals surface area contributed by atoms with Crippen molar-refractivity contribution in [2.24, 2.45) is 0 Å². The highest BCUT2D eigenvalue weighted by atomic mass is 32.2. The lowest BCUT2D eigenvalue weighted by molar-refractivity contribution is 0.0517. The molecule has 1 aromatic heterocycles. The molecule has 0 aliphatic carbocycles. The lowest BCUT2D eigenvalue weighted by Crippen LogP contribution is -2.21. The predicted molar refractivity (Wildman–Crippen MR) is 106 cm³/mol. The van der Waals surface area contributed by atoms with Gasteiger partial charge < -0.3 is 4.74 Å². The van der Waals surface area contributed by atoms with Crippen molar-refractivity contribution in [1.29, 1.82) is 0 Å². The van der Waals surface area contributed by atoms with Crippen molar-refractivity contribution in [2.45, 2.75) is 38.5 Å². The van der Waals surface area contributed by atoms with Gasteiger partial charge in [0, 0.05) is 5.39 Å². The van der Waals surface area contributed by atoms with Crippen molar-refractivity contribution in [3.63, 3.8) is 0 Å². The van der Waals surface area contributed by atoms with Gasteiger partial charge in [0.2, 0.25) is 0 Å². The average molecular weight is 385 g/mol. The van der Waals surface area contributed by atoms with Crippen molar-refractivity contribution in [1.82, 2.24) is 3.97 Å². The molecule has 3 rings (SSSR count). The van der Waals surface area contributed by atoms with E-state index in [1.54, 1.807) is 43.3 Å². The first-order valence-electron chi connectivity index (χ1n) is 8.91. The SMILES string of the molecule is CCOC(=O)c1c(C(C)C)c2ccccc2n1S(=O)(=O)c1ccc(C)cc1. The Morgan fingerprint density at radius 1 is 1.07 bits per heavy atom. The number of rotatable bonds is 5. The first kappa shape index (κ1) is 19.2. The summed E-state index contributed by atoms with van der Waals surface area (Å²) in [7, 11) is -3.97. The highest BCUT2D eigenvalue weighted by Gasteiger charge is 2.32. The second-order valence-corrected chi connectivity index (χ2v) is 8.52. The van der Waals surface area contributed by atoms with Crippen LogP contribution in [-0.2, 0) is 14.8 Å². The summed E-state index contributed by atoms with van der Waals surface area (Å²) >= 11 is 0. The molecule has 0 spiro atoms. The van der Waals surface area contributed by atoms with Crippen LogP contribution in [0.25, 0.3) is 10.9 Å². The van der Waals surface area contributed by atoms with Gasteiger partial charge >= 0.3 is 5.97 Å². The molecule has 27 heavy (non-hydrogen) atoms. The van der Waals surface area contributed by atoms with E-state index in [1.165, 1.54) is 0 Å². The number of aryl methyl sites for hydroxylation is 1. The van der Waals surface area contributed by atoms with Gasteiger partial charge in [0.05, 0.1) is 17.0 Å². The Morgan fingerprint density at radius 2 is 1.70 bits per heavy atom. The van der Waals surface area contributed by atoms with E-state index in [1.807, 2.05) is 32.9 Å². The number of esters is 1. The molecule has 0 bridgehead atoms. The topological polar surface area (TPSA) is 65.4 Å². The Labute approximate surface area is 159 Å². The van der Waals surface area contributed by atoms with Crippen LogP contribution >= 0.6 is 0 Å². The summed E-state index contributed by atoms with van der Waals surface area (Å²) in [6.45, 7) is 7.64. The van der Waals surface area contributed by atoms with Crippen molar-refractivity contribution < 1.29 is 17.9 Å². The summed E-state index contributed by atoms with van der Waals surface area (Å²) in [5.41, 5.74) is 2.19. The molecule has 0 atom stereocenters. The number of hydrogen-bond donors (Lipinski definition) is 0. The fourth-order valence-corrected chi connectivity index (χ4v) is 4.80. The van der Waals surface area contributed by atoms with Crippen LogP contribution in [0, 0.1) is 6.92 Å². The fraction of sp³-hybridized carbons (Fsp3) is 0.286. The van der Waals surface area contributed by atoms with Gasteiger partial charge in [-0.05, 0) is 43.5 Å². The minimum Gasteiger partial charge on any atom is -0.461 e. The third-order valence-electron chi connectivity index (χ3n) is 4.48. The Morgan fingerprint density at radius 3 is 2.30 bits per heavy atom. The van der Waals surface area contributed by atoms with Crippen molar-refractivity contribution in [3.05, 3.63) is 65.4 Å². The maximum absolute atomic E-state index is 13.5. The molecular formula is C21H23NO4S. The highest BCUT2D eigenvalue weighted by molar-refractivity contribution is 7.90. The third-order valence-corrected chi connectivity index (χ3v) is 6.20. The zero-order chi connectivity index (χ0) is 19.8. The summed E-state index contributed by atoms with van der Waals surface area (Å²) < 4.78 is 33.3. The van der Waals surface area contributed by atoms with Gasteiger partial charge in [-0.15, -0.1) is 0 Å². The standard InChI is InChI=1S/C21H23NO4S/c1-5-26-21(23)20-19(14(2)3)17-8-6-7-9-18(17)22(20)27(24,25)16-12-10-15(4)11-13-16/h6-14H,5H2,1-4H3. The van der Waals surface area contributed by atoms with Crippen LogP contribution in [0.5, 0.6) is 0 Å². The van der Waals surface area contributed by atoms with Crippen LogP contribution in [0.4, 0.5) is 0 Å². The molecule has 0 aliphatic heterocycles. The van der Waals surface area contributed by atoms with Crippen molar-refractivity contribution in [2.75, 3.05) is 6.61 Å². The Balaban J connectivity index is 2.42. The second-order valence-electron chi connectivity index (χ2n) is 6.74. The molecule has 0 saturated heterocycles. The predicted octanol–water partition coefficient (Wildman–Crippen LogP) is 4.49. The Kier molecular flexibility index (Phi) is 5.11. The van der Waals surface area contributed by atoms with E-state index in [9.17, 15) is 13.2 Å². The number of ether oxygens (including phenoxy) is 1. The van der Waals surface area contributed by atoms with Gasteiger partial charge in [-0.1, -0.05) is 49.7 Å². The molecule has 3 aromatic rings. The number of nitrogens with zero attached hydrogens (tertiary/aromatic N) is 1. The molecular weight excluding hydrogens is 362 g/mol. The number of benzene rings is 2. The zero-order valence-corrected chi connectivity index (χ0v) is 16.7. The third kappa shape index (κ3) is 3.25. The zero-order valence-electron chi connectivity index (χ0n) is 15.9. The van der Waals surface area contributed by atoms with Crippen molar-refractivity contribution in [3.8, 4) is 0 Å². The first-order chi connectivity index (χ1) is 12.8. The van der Waals surface area contributed by atoms with E-state index < -0.39 is 16.0 Å². The van der Waals surface area contributed by atoms with Crippen molar-refractivity contribution >= 4 is 26.9 Å². The lowest BCUT2D eigenvalue weighted by Gasteiger charge is -2.13. The molecule has 6 heteroatoms. The molecule has 0 radical (unpaired) electrons. The van der Waals surface area contributed by atoms with Crippen LogP contribution < -0.4 is 0 Å². The smallest absolute Gasteiger partial charge is 0.356 e. The normalized spacial score (nSPS) is 11.9. The molecule has 0 aliphatic rings. The number of carbonyl (C=O) groups is 1. The van der Waals surface area contributed by atoms with Gasteiger partial charge in [-0.2, -0.15) is 0 Å². The van der Waals surface area contributed by atoms with Gasteiger partial charge in [-0.25, -0.2) is 17.2 Å². The molecule has 0 fully saturated rings. The monoisotopic (exact) mass is 385 g/mol. The Hall–Kier alpha value is -2.60. The maximum atomic E-state index is 13.5. The summed E-state index contributed by atoms with van der Waals surface area (Å²) in [6.07, 6.45) is 0. The van der Waals surface area contributed by atoms with Crippen LogP contribution in [0.1, 0.15) is 48.3 Å². The number of carbonyl (C=O) groups excluding carboxylic acids is 1. The highest BCUT2D eigenvalue weighted by Crippen LogP contribution is 2.35. The average Bonchev–Trinajstić information content (AvgIpc) is 2.98. The molecule has 2 aromatic carbocycles. The van der Waals surface area contributed by atoms with E-state index in [-0.39, 0.29) is 23.1 Å². The molecule has 0 N–H and O–H groups in total. The number of para-hydroxylation sites is 1.